The molecule has 0 saturated heterocycles. The number of rotatable bonds is 4. The molecule has 100 valence electrons. The first-order valence-corrected chi connectivity index (χ1v) is 6.13. The van der Waals surface area contributed by atoms with Crippen molar-refractivity contribution in [2.45, 2.75) is 25.9 Å². The molecule has 0 bridgehead atoms. The number of anilines is 1. The summed E-state index contributed by atoms with van der Waals surface area (Å²) in [5.74, 6) is 2.97. The average molecular weight is 261 g/mol. The minimum atomic E-state index is 0.321. The van der Waals surface area contributed by atoms with E-state index in [1.54, 1.807) is 13.3 Å². The summed E-state index contributed by atoms with van der Waals surface area (Å²) >= 11 is 0. The van der Waals surface area contributed by atoms with E-state index in [1.807, 2.05) is 0 Å². The summed E-state index contributed by atoms with van der Waals surface area (Å²) in [6, 6.07) is 0. The molecule has 7 heteroatoms. The van der Waals surface area contributed by atoms with E-state index < -0.39 is 0 Å². The minimum Gasteiger partial charge on any atom is -0.383 e. The van der Waals surface area contributed by atoms with Crippen LogP contribution in [-0.2, 0) is 11.3 Å². The summed E-state index contributed by atoms with van der Waals surface area (Å²) in [6.07, 6.45) is 2.70. The number of ether oxygens (including phenoxy) is 1. The van der Waals surface area contributed by atoms with Crippen LogP contribution >= 0.6 is 0 Å². The third-order valence-electron chi connectivity index (χ3n) is 3.25. The van der Waals surface area contributed by atoms with Crippen LogP contribution in [-0.4, -0.2) is 27.2 Å². The van der Waals surface area contributed by atoms with E-state index in [-0.39, 0.29) is 0 Å². The number of nitrogens with zero attached hydrogens (tertiary/aromatic N) is 4. The highest BCUT2D eigenvalue weighted by Gasteiger charge is 2.39. The molecule has 0 unspecified atom stereocenters. The molecule has 0 spiro atoms. The standard InChI is InChI=1S/C12H15N5O2/c1-6-3-7(6)12-16-11(17-19-12)8-4-14-9(5-18-2)15-10(8)13/h4,6-7H,3,5H2,1-2H3,(H2,13,14,15)/t6-,7-/m1/s1. The Kier molecular flexibility index (Phi) is 2.90. The molecule has 1 aliphatic rings. The first-order valence-electron chi connectivity index (χ1n) is 6.13. The second kappa shape index (κ2) is 4.58. The maximum Gasteiger partial charge on any atom is 0.230 e. The number of aromatic nitrogens is 4. The fourth-order valence-corrected chi connectivity index (χ4v) is 1.97. The first kappa shape index (κ1) is 12.0. The zero-order chi connectivity index (χ0) is 13.4. The number of nitrogen functional groups attached to an aromatic ring is 1. The quantitative estimate of drug-likeness (QED) is 0.887. The molecule has 1 aliphatic carbocycles. The lowest BCUT2D eigenvalue weighted by Gasteiger charge is -2.02. The average Bonchev–Trinajstić information content (AvgIpc) is 2.92. The lowest BCUT2D eigenvalue weighted by atomic mass is 10.3. The molecular weight excluding hydrogens is 246 g/mol. The summed E-state index contributed by atoms with van der Waals surface area (Å²) in [5, 5.41) is 3.94. The lowest BCUT2D eigenvalue weighted by molar-refractivity contribution is 0.178. The molecule has 2 aromatic rings. The van der Waals surface area contributed by atoms with Gasteiger partial charge < -0.3 is 15.0 Å². The van der Waals surface area contributed by atoms with Crippen LogP contribution in [0.3, 0.4) is 0 Å². The van der Waals surface area contributed by atoms with Crippen molar-refractivity contribution < 1.29 is 9.26 Å². The Hall–Kier alpha value is -2.02. The van der Waals surface area contributed by atoms with Crippen LogP contribution in [0.25, 0.3) is 11.4 Å². The zero-order valence-electron chi connectivity index (χ0n) is 10.8. The van der Waals surface area contributed by atoms with Crippen LogP contribution in [0.5, 0.6) is 0 Å². The van der Waals surface area contributed by atoms with E-state index in [0.717, 1.165) is 6.42 Å². The van der Waals surface area contributed by atoms with Gasteiger partial charge in [0.2, 0.25) is 11.7 Å². The van der Waals surface area contributed by atoms with E-state index in [9.17, 15) is 0 Å². The van der Waals surface area contributed by atoms with Crippen molar-refractivity contribution in [2.24, 2.45) is 5.92 Å². The fourth-order valence-electron chi connectivity index (χ4n) is 1.97. The van der Waals surface area contributed by atoms with Gasteiger partial charge in [0.1, 0.15) is 12.4 Å². The molecule has 2 aromatic heterocycles. The maximum absolute atomic E-state index is 5.88. The Bertz CT molecular complexity index is 598. The Morgan fingerprint density at radius 3 is 2.89 bits per heavy atom. The van der Waals surface area contributed by atoms with Gasteiger partial charge in [-0.25, -0.2) is 9.97 Å². The second-order valence-electron chi connectivity index (χ2n) is 4.79. The maximum atomic E-state index is 5.88. The predicted octanol–water partition coefficient (Wildman–Crippen LogP) is 1.38. The molecule has 0 aliphatic heterocycles. The highest BCUT2D eigenvalue weighted by molar-refractivity contribution is 5.66. The van der Waals surface area contributed by atoms with Gasteiger partial charge in [0.05, 0.1) is 5.56 Å². The van der Waals surface area contributed by atoms with Crippen molar-refractivity contribution in [1.82, 2.24) is 20.1 Å². The van der Waals surface area contributed by atoms with Gasteiger partial charge in [0.15, 0.2) is 5.82 Å². The van der Waals surface area contributed by atoms with Gasteiger partial charge in [-0.2, -0.15) is 4.98 Å². The van der Waals surface area contributed by atoms with Crippen LogP contribution < -0.4 is 5.73 Å². The van der Waals surface area contributed by atoms with E-state index in [2.05, 4.69) is 27.0 Å². The Morgan fingerprint density at radius 1 is 1.47 bits per heavy atom. The van der Waals surface area contributed by atoms with Gasteiger partial charge in [-0.15, -0.1) is 0 Å². The molecule has 1 saturated carbocycles. The molecule has 7 nitrogen and oxygen atoms in total. The van der Waals surface area contributed by atoms with E-state index in [1.165, 1.54) is 0 Å². The van der Waals surface area contributed by atoms with Gasteiger partial charge in [-0.1, -0.05) is 12.1 Å². The second-order valence-corrected chi connectivity index (χ2v) is 4.79. The third kappa shape index (κ3) is 2.28. The topological polar surface area (TPSA) is 100.0 Å². The monoisotopic (exact) mass is 261 g/mol. The molecule has 2 atom stereocenters. The third-order valence-corrected chi connectivity index (χ3v) is 3.25. The smallest absolute Gasteiger partial charge is 0.230 e. The molecule has 2 heterocycles. The van der Waals surface area contributed by atoms with Gasteiger partial charge in [0, 0.05) is 19.2 Å². The highest BCUT2D eigenvalue weighted by Crippen LogP contribution is 2.46. The van der Waals surface area contributed by atoms with Gasteiger partial charge in [-0.05, 0) is 12.3 Å². The molecule has 3 rings (SSSR count). The molecule has 2 N–H and O–H groups in total. The van der Waals surface area contributed by atoms with E-state index in [0.29, 0.717) is 47.4 Å². The van der Waals surface area contributed by atoms with Crippen LogP contribution in [0.1, 0.15) is 31.0 Å². The van der Waals surface area contributed by atoms with Crippen molar-refractivity contribution >= 4 is 5.82 Å². The van der Waals surface area contributed by atoms with E-state index >= 15 is 0 Å². The highest BCUT2D eigenvalue weighted by atomic mass is 16.5. The van der Waals surface area contributed by atoms with Crippen LogP contribution in [0.15, 0.2) is 10.7 Å². The minimum absolute atomic E-state index is 0.321. The van der Waals surface area contributed by atoms with Crippen molar-refractivity contribution in [3.63, 3.8) is 0 Å². The van der Waals surface area contributed by atoms with Crippen molar-refractivity contribution in [3.05, 3.63) is 17.9 Å². The number of methoxy groups -OCH3 is 1. The van der Waals surface area contributed by atoms with Gasteiger partial charge in [0.25, 0.3) is 0 Å². The van der Waals surface area contributed by atoms with Crippen LogP contribution in [0.4, 0.5) is 5.82 Å². The van der Waals surface area contributed by atoms with Gasteiger partial charge in [-0.3, -0.25) is 0 Å². The SMILES string of the molecule is COCc1ncc(-c2noc([C@@H]3C[C@H]3C)n2)c(N)n1. The lowest BCUT2D eigenvalue weighted by Crippen LogP contribution is -2.03. The molecule has 0 radical (unpaired) electrons. The number of hydrogen-bond donors (Lipinski definition) is 1. The van der Waals surface area contributed by atoms with E-state index in [4.69, 9.17) is 15.0 Å². The molecule has 0 amide bonds. The summed E-state index contributed by atoms with van der Waals surface area (Å²) in [6.45, 7) is 2.48. The molecular formula is C12H15N5O2. The summed E-state index contributed by atoms with van der Waals surface area (Å²) in [5.41, 5.74) is 6.47. The van der Waals surface area contributed by atoms with Gasteiger partial charge >= 0.3 is 0 Å². The Morgan fingerprint density at radius 2 is 2.26 bits per heavy atom. The van der Waals surface area contributed by atoms with Crippen molar-refractivity contribution in [2.75, 3.05) is 12.8 Å². The first-order chi connectivity index (χ1) is 9.19. The Labute approximate surface area is 110 Å². The number of nitrogens with two attached hydrogens (primary N) is 1. The van der Waals surface area contributed by atoms with Crippen LogP contribution in [0.2, 0.25) is 0 Å². The largest absolute Gasteiger partial charge is 0.383 e. The summed E-state index contributed by atoms with van der Waals surface area (Å²) in [7, 11) is 1.58. The molecule has 0 aromatic carbocycles. The zero-order valence-corrected chi connectivity index (χ0v) is 10.8. The van der Waals surface area contributed by atoms with Crippen molar-refractivity contribution in [3.8, 4) is 11.4 Å². The number of hydrogen-bond acceptors (Lipinski definition) is 7. The fraction of sp³-hybridized carbons (Fsp3) is 0.500. The summed E-state index contributed by atoms with van der Waals surface area (Å²) < 4.78 is 10.2. The normalized spacial score (nSPS) is 21.6. The molecule has 1 fully saturated rings. The predicted molar refractivity (Wildman–Crippen MR) is 67.0 cm³/mol. The Balaban J connectivity index is 1.87. The summed E-state index contributed by atoms with van der Waals surface area (Å²) in [4.78, 5) is 12.7. The van der Waals surface area contributed by atoms with Crippen molar-refractivity contribution in [1.29, 1.82) is 0 Å². The molecule has 19 heavy (non-hydrogen) atoms. The van der Waals surface area contributed by atoms with Crippen LogP contribution in [0, 0.1) is 5.92 Å².